The Labute approximate surface area is 52.5 Å². The van der Waals surface area contributed by atoms with Gasteiger partial charge >= 0.3 is 0 Å². The maximum atomic E-state index is 6.80. The van der Waals surface area contributed by atoms with Crippen molar-refractivity contribution in [3.05, 3.63) is 24.1 Å². The highest BCUT2D eigenvalue weighted by Gasteiger charge is 1.97. The SMILES string of the molecule is C=Cc1cnoc1C=N. The van der Waals surface area contributed by atoms with E-state index in [1.165, 1.54) is 6.20 Å². The molecular weight excluding hydrogens is 116 g/mol. The zero-order valence-corrected chi connectivity index (χ0v) is 4.79. The summed E-state index contributed by atoms with van der Waals surface area (Å²) in [6.07, 6.45) is 4.22. The van der Waals surface area contributed by atoms with Gasteiger partial charge in [0, 0.05) is 5.56 Å². The zero-order valence-electron chi connectivity index (χ0n) is 4.79. The number of hydrogen-bond acceptors (Lipinski definition) is 3. The van der Waals surface area contributed by atoms with Gasteiger partial charge < -0.3 is 9.93 Å². The molecule has 0 aliphatic rings. The largest absolute Gasteiger partial charge is 0.355 e. The highest BCUT2D eigenvalue weighted by Crippen LogP contribution is 2.04. The first-order valence-corrected chi connectivity index (χ1v) is 2.46. The Kier molecular flexibility index (Phi) is 1.44. The van der Waals surface area contributed by atoms with Crippen LogP contribution in [0.5, 0.6) is 0 Å². The van der Waals surface area contributed by atoms with Crippen LogP contribution in [0.2, 0.25) is 0 Å². The summed E-state index contributed by atoms with van der Waals surface area (Å²) in [6.45, 7) is 3.51. The van der Waals surface area contributed by atoms with E-state index in [4.69, 9.17) is 5.41 Å². The predicted molar refractivity (Wildman–Crippen MR) is 34.5 cm³/mol. The molecule has 0 aliphatic heterocycles. The molecule has 3 heteroatoms. The van der Waals surface area contributed by atoms with Crippen molar-refractivity contribution in [3.63, 3.8) is 0 Å². The highest BCUT2D eigenvalue weighted by molar-refractivity contribution is 5.78. The third-order valence-corrected chi connectivity index (χ3v) is 0.978. The molecule has 3 nitrogen and oxygen atoms in total. The Morgan fingerprint density at radius 2 is 2.56 bits per heavy atom. The lowest BCUT2D eigenvalue weighted by atomic mass is 10.3. The van der Waals surface area contributed by atoms with Crippen molar-refractivity contribution in [2.75, 3.05) is 0 Å². The van der Waals surface area contributed by atoms with E-state index >= 15 is 0 Å². The number of nitrogens with one attached hydrogen (secondary N) is 1. The number of rotatable bonds is 2. The molecule has 0 saturated carbocycles. The molecule has 0 spiro atoms. The Hall–Kier alpha value is -1.38. The van der Waals surface area contributed by atoms with E-state index in [-0.39, 0.29) is 0 Å². The van der Waals surface area contributed by atoms with E-state index in [1.807, 2.05) is 0 Å². The third-order valence-electron chi connectivity index (χ3n) is 0.978. The molecule has 0 aromatic carbocycles. The molecule has 0 aliphatic carbocycles. The van der Waals surface area contributed by atoms with Crippen LogP contribution in [0.25, 0.3) is 6.08 Å². The molecule has 0 atom stereocenters. The summed E-state index contributed by atoms with van der Waals surface area (Å²) in [4.78, 5) is 0. The Balaban J connectivity index is 3.12. The van der Waals surface area contributed by atoms with Crippen LogP contribution in [-0.4, -0.2) is 11.4 Å². The molecule has 1 aromatic rings. The predicted octanol–water partition coefficient (Wildman–Crippen LogP) is 1.32. The van der Waals surface area contributed by atoms with E-state index < -0.39 is 0 Å². The normalized spacial score (nSPS) is 8.89. The van der Waals surface area contributed by atoms with Gasteiger partial charge in [0.1, 0.15) is 0 Å². The molecule has 0 unspecified atom stereocenters. The number of aromatic nitrogens is 1. The molecular formula is C6H6N2O. The molecule has 1 N–H and O–H groups in total. The van der Waals surface area contributed by atoms with Crippen LogP contribution in [0.1, 0.15) is 11.3 Å². The van der Waals surface area contributed by atoms with Crippen molar-refractivity contribution in [1.82, 2.24) is 5.16 Å². The lowest BCUT2D eigenvalue weighted by molar-refractivity contribution is 0.414. The average molecular weight is 122 g/mol. The van der Waals surface area contributed by atoms with E-state index in [9.17, 15) is 0 Å². The van der Waals surface area contributed by atoms with Gasteiger partial charge in [-0.05, 0) is 0 Å². The van der Waals surface area contributed by atoms with Crippen molar-refractivity contribution in [3.8, 4) is 0 Å². The summed E-state index contributed by atoms with van der Waals surface area (Å²) < 4.78 is 4.64. The Bertz CT molecular complexity index is 204. The Morgan fingerprint density at radius 3 is 3.00 bits per heavy atom. The fourth-order valence-electron chi connectivity index (χ4n) is 0.519. The molecule has 46 valence electrons. The van der Waals surface area contributed by atoms with Gasteiger partial charge in [-0.2, -0.15) is 0 Å². The summed E-state index contributed by atoms with van der Waals surface area (Å²) in [5.41, 5.74) is 0.755. The molecule has 0 radical (unpaired) electrons. The second kappa shape index (κ2) is 2.26. The van der Waals surface area contributed by atoms with Crippen molar-refractivity contribution in [2.45, 2.75) is 0 Å². The second-order valence-electron chi connectivity index (χ2n) is 1.49. The van der Waals surface area contributed by atoms with E-state index in [2.05, 4.69) is 16.3 Å². The highest BCUT2D eigenvalue weighted by atomic mass is 16.5. The minimum Gasteiger partial charge on any atom is -0.355 e. The summed E-state index contributed by atoms with van der Waals surface area (Å²) in [5, 5.41) is 10.3. The molecule has 0 fully saturated rings. The zero-order chi connectivity index (χ0) is 6.69. The topological polar surface area (TPSA) is 49.9 Å². The van der Waals surface area contributed by atoms with E-state index in [0.29, 0.717) is 5.76 Å². The van der Waals surface area contributed by atoms with Gasteiger partial charge in [-0.15, -0.1) is 0 Å². The second-order valence-corrected chi connectivity index (χ2v) is 1.49. The standard InChI is InChI=1S/C6H6N2O/c1-2-5-4-8-9-6(5)3-7/h2-4,7H,1H2. The number of nitrogens with zero attached hydrogens (tertiary/aromatic N) is 1. The maximum Gasteiger partial charge on any atom is 0.184 e. The minimum absolute atomic E-state index is 0.449. The summed E-state index contributed by atoms with van der Waals surface area (Å²) >= 11 is 0. The first kappa shape index (κ1) is 5.75. The van der Waals surface area contributed by atoms with Gasteiger partial charge in [0.05, 0.1) is 12.4 Å². The smallest absolute Gasteiger partial charge is 0.184 e. The van der Waals surface area contributed by atoms with E-state index in [0.717, 1.165) is 11.8 Å². The monoisotopic (exact) mass is 122 g/mol. The summed E-state index contributed by atoms with van der Waals surface area (Å²) in [7, 11) is 0. The van der Waals surface area contributed by atoms with Crippen molar-refractivity contribution in [1.29, 1.82) is 5.41 Å². The van der Waals surface area contributed by atoms with Crippen LogP contribution in [0, 0.1) is 5.41 Å². The van der Waals surface area contributed by atoms with Crippen LogP contribution in [-0.2, 0) is 0 Å². The lowest BCUT2D eigenvalue weighted by Crippen LogP contribution is -1.75. The van der Waals surface area contributed by atoms with Crippen LogP contribution in [0.15, 0.2) is 17.3 Å². The van der Waals surface area contributed by atoms with Gasteiger partial charge in [-0.3, -0.25) is 0 Å². The minimum atomic E-state index is 0.449. The molecule has 1 aromatic heterocycles. The van der Waals surface area contributed by atoms with Crippen LogP contribution in [0.4, 0.5) is 0 Å². The first-order valence-electron chi connectivity index (χ1n) is 2.46. The molecule has 1 rings (SSSR count). The van der Waals surface area contributed by atoms with E-state index in [1.54, 1.807) is 6.08 Å². The van der Waals surface area contributed by atoms with Gasteiger partial charge in [0.15, 0.2) is 5.76 Å². The average Bonchev–Trinajstić information content (AvgIpc) is 2.33. The first-order chi connectivity index (χ1) is 4.38. The molecule has 9 heavy (non-hydrogen) atoms. The maximum absolute atomic E-state index is 6.80. The molecule has 0 amide bonds. The van der Waals surface area contributed by atoms with Gasteiger partial charge in [0.25, 0.3) is 0 Å². The fraction of sp³-hybridized carbons (Fsp3) is 0. The van der Waals surface area contributed by atoms with Gasteiger partial charge in [-0.25, -0.2) is 0 Å². The molecule has 1 heterocycles. The van der Waals surface area contributed by atoms with Gasteiger partial charge in [0.2, 0.25) is 0 Å². The molecule has 0 bridgehead atoms. The Morgan fingerprint density at radius 1 is 1.78 bits per heavy atom. The van der Waals surface area contributed by atoms with Crippen molar-refractivity contribution in [2.24, 2.45) is 0 Å². The van der Waals surface area contributed by atoms with Crippen molar-refractivity contribution >= 4 is 12.3 Å². The molecule has 0 saturated heterocycles. The van der Waals surface area contributed by atoms with Crippen LogP contribution in [0.3, 0.4) is 0 Å². The van der Waals surface area contributed by atoms with Crippen LogP contribution < -0.4 is 0 Å². The summed E-state index contributed by atoms with van der Waals surface area (Å²) in [5.74, 6) is 0.449. The third kappa shape index (κ3) is 0.887. The van der Waals surface area contributed by atoms with Crippen LogP contribution >= 0.6 is 0 Å². The summed E-state index contributed by atoms with van der Waals surface area (Å²) in [6, 6.07) is 0. The quantitative estimate of drug-likeness (QED) is 0.601. The van der Waals surface area contributed by atoms with Gasteiger partial charge in [-0.1, -0.05) is 17.8 Å². The fourth-order valence-corrected chi connectivity index (χ4v) is 0.519. The van der Waals surface area contributed by atoms with Crippen molar-refractivity contribution < 1.29 is 4.52 Å². The lowest BCUT2D eigenvalue weighted by Gasteiger charge is -1.79. The number of hydrogen-bond donors (Lipinski definition) is 1.